The minimum atomic E-state index is -0.546. The van der Waals surface area contributed by atoms with Crippen LogP contribution in [0.4, 0.5) is 5.88 Å². The lowest BCUT2D eigenvalue weighted by atomic mass is 10.2. The Balaban J connectivity index is 2.52. The standard InChI is InChI=1S/C9H15NO2/c1-6(2)9(11)10-8-5-4-7(3)12-8/h4-6,9-11H,1-3H3. The van der Waals surface area contributed by atoms with E-state index in [2.05, 4.69) is 5.32 Å². The summed E-state index contributed by atoms with van der Waals surface area (Å²) in [6.45, 7) is 5.74. The summed E-state index contributed by atoms with van der Waals surface area (Å²) in [4.78, 5) is 0. The van der Waals surface area contributed by atoms with Crippen LogP contribution in [0.5, 0.6) is 0 Å². The van der Waals surface area contributed by atoms with Crippen molar-refractivity contribution in [1.29, 1.82) is 0 Å². The van der Waals surface area contributed by atoms with Crippen LogP contribution in [0.1, 0.15) is 19.6 Å². The summed E-state index contributed by atoms with van der Waals surface area (Å²) in [5.74, 6) is 1.64. The fourth-order valence-corrected chi connectivity index (χ4v) is 0.825. The Bertz CT molecular complexity index is 242. The highest BCUT2D eigenvalue weighted by molar-refractivity contribution is 5.32. The average molecular weight is 169 g/mol. The number of nitrogens with one attached hydrogen (secondary N) is 1. The first kappa shape index (κ1) is 9.13. The average Bonchev–Trinajstić information content (AvgIpc) is 2.35. The molecule has 1 atom stereocenters. The molecule has 1 unspecified atom stereocenters. The quantitative estimate of drug-likeness (QED) is 0.680. The zero-order chi connectivity index (χ0) is 9.14. The van der Waals surface area contributed by atoms with Gasteiger partial charge in [-0.15, -0.1) is 0 Å². The second kappa shape index (κ2) is 3.63. The minimum Gasteiger partial charge on any atom is -0.446 e. The van der Waals surface area contributed by atoms with Crippen LogP contribution < -0.4 is 5.32 Å². The van der Waals surface area contributed by atoms with Crippen LogP contribution in [0.25, 0.3) is 0 Å². The third-order valence-electron chi connectivity index (χ3n) is 1.66. The molecule has 0 aliphatic heterocycles. The Hall–Kier alpha value is -0.960. The number of furan rings is 1. The summed E-state index contributed by atoms with van der Waals surface area (Å²) >= 11 is 0. The fourth-order valence-electron chi connectivity index (χ4n) is 0.825. The highest BCUT2D eigenvalue weighted by Crippen LogP contribution is 2.14. The van der Waals surface area contributed by atoms with E-state index in [1.807, 2.05) is 26.8 Å². The maximum Gasteiger partial charge on any atom is 0.195 e. The summed E-state index contributed by atoms with van der Waals surface area (Å²) in [7, 11) is 0. The first-order valence-corrected chi connectivity index (χ1v) is 4.10. The van der Waals surface area contributed by atoms with Gasteiger partial charge in [0.1, 0.15) is 12.0 Å². The van der Waals surface area contributed by atoms with Crippen LogP contribution in [0, 0.1) is 12.8 Å². The van der Waals surface area contributed by atoms with E-state index in [-0.39, 0.29) is 5.92 Å². The molecule has 1 aromatic rings. The maximum atomic E-state index is 9.42. The highest BCUT2D eigenvalue weighted by Gasteiger charge is 2.09. The predicted molar refractivity (Wildman–Crippen MR) is 47.9 cm³/mol. The monoisotopic (exact) mass is 169 g/mol. The van der Waals surface area contributed by atoms with E-state index >= 15 is 0 Å². The summed E-state index contributed by atoms with van der Waals surface area (Å²) in [6.07, 6.45) is -0.546. The number of rotatable bonds is 3. The van der Waals surface area contributed by atoms with Gasteiger partial charge in [0.15, 0.2) is 5.88 Å². The van der Waals surface area contributed by atoms with E-state index < -0.39 is 6.23 Å². The van der Waals surface area contributed by atoms with Gasteiger partial charge in [-0.3, -0.25) is 0 Å². The van der Waals surface area contributed by atoms with Crippen molar-refractivity contribution in [2.75, 3.05) is 5.32 Å². The second-order valence-corrected chi connectivity index (χ2v) is 3.24. The molecule has 2 N–H and O–H groups in total. The van der Waals surface area contributed by atoms with Crippen molar-refractivity contribution in [1.82, 2.24) is 0 Å². The lowest BCUT2D eigenvalue weighted by molar-refractivity contribution is 0.150. The van der Waals surface area contributed by atoms with Gasteiger partial charge in [0, 0.05) is 6.07 Å². The Morgan fingerprint density at radius 3 is 2.50 bits per heavy atom. The number of aliphatic hydroxyl groups excluding tert-OH is 1. The molecule has 0 aliphatic rings. The molecule has 3 nitrogen and oxygen atoms in total. The number of anilines is 1. The maximum absolute atomic E-state index is 9.42. The molecule has 0 fully saturated rings. The fraction of sp³-hybridized carbons (Fsp3) is 0.556. The summed E-state index contributed by atoms with van der Waals surface area (Å²) < 4.78 is 5.23. The van der Waals surface area contributed by atoms with Crippen molar-refractivity contribution in [3.8, 4) is 0 Å². The molecule has 0 aromatic carbocycles. The first-order chi connectivity index (χ1) is 5.59. The topological polar surface area (TPSA) is 45.4 Å². The van der Waals surface area contributed by atoms with Crippen molar-refractivity contribution in [2.45, 2.75) is 27.0 Å². The largest absolute Gasteiger partial charge is 0.446 e. The number of hydrogen-bond donors (Lipinski definition) is 2. The van der Waals surface area contributed by atoms with E-state index in [1.165, 1.54) is 0 Å². The van der Waals surface area contributed by atoms with E-state index in [9.17, 15) is 5.11 Å². The van der Waals surface area contributed by atoms with Gasteiger partial charge in [0.25, 0.3) is 0 Å². The zero-order valence-corrected chi connectivity index (χ0v) is 7.66. The van der Waals surface area contributed by atoms with Gasteiger partial charge >= 0.3 is 0 Å². The van der Waals surface area contributed by atoms with Gasteiger partial charge in [-0.1, -0.05) is 13.8 Å². The number of aryl methyl sites for hydroxylation is 1. The first-order valence-electron chi connectivity index (χ1n) is 4.10. The van der Waals surface area contributed by atoms with Gasteiger partial charge in [-0.05, 0) is 18.9 Å². The van der Waals surface area contributed by atoms with Crippen LogP contribution in [0.3, 0.4) is 0 Å². The molecule has 0 radical (unpaired) electrons. The third kappa shape index (κ3) is 2.27. The van der Waals surface area contributed by atoms with Crippen molar-refractivity contribution in [3.63, 3.8) is 0 Å². The van der Waals surface area contributed by atoms with Crippen LogP contribution in [-0.2, 0) is 0 Å². The molecule has 1 aromatic heterocycles. The molecule has 0 saturated heterocycles. The van der Waals surface area contributed by atoms with Gasteiger partial charge < -0.3 is 14.8 Å². The Morgan fingerprint density at radius 2 is 2.08 bits per heavy atom. The van der Waals surface area contributed by atoms with Gasteiger partial charge in [-0.2, -0.15) is 0 Å². The molecule has 1 rings (SSSR count). The predicted octanol–water partition coefficient (Wildman–Crippen LogP) is 1.97. The summed E-state index contributed by atoms with van der Waals surface area (Å²) in [6, 6.07) is 3.66. The van der Waals surface area contributed by atoms with E-state index in [0.29, 0.717) is 5.88 Å². The van der Waals surface area contributed by atoms with E-state index in [1.54, 1.807) is 6.07 Å². The highest BCUT2D eigenvalue weighted by atomic mass is 16.4. The van der Waals surface area contributed by atoms with Crippen LogP contribution in [0.2, 0.25) is 0 Å². The van der Waals surface area contributed by atoms with Crippen LogP contribution >= 0.6 is 0 Å². The van der Waals surface area contributed by atoms with Gasteiger partial charge in [0.05, 0.1) is 0 Å². The number of hydrogen-bond acceptors (Lipinski definition) is 3. The smallest absolute Gasteiger partial charge is 0.195 e. The molecule has 1 heterocycles. The van der Waals surface area contributed by atoms with Crippen molar-refractivity contribution < 1.29 is 9.52 Å². The molecule has 0 amide bonds. The lowest BCUT2D eigenvalue weighted by Gasteiger charge is -2.14. The molecule has 0 bridgehead atoms. The lowest BCUT2D eigenvalue weighted by Crippen LogP contribution is -2.24. The summed E-state index contributed by atoms with van der Waals surface area (Å²) in [5, 5.41) is 12.3. The summed E-state index contributed by atoms with van der Waals surface area (Å²) in [5.41, 5.74) is 0. The number of aliphatic hydroxyl groups is 1. The molecular formula is C9H15NO2. The SMILES string of the molecule is Cc1ccc(NC(O)C(C)C)o1. The Morgan fingerprint density at radius 1 is 1.42 bits per heavy atom. The molecule has 68 valence electrons. The van der Waals surface area contributed by atoms with E-state index in [4.69, 9.17) is 4.42 Å². The van der Waals surface area contributed by atoms with Crippen molar-refractivity contribution in [2.24, 2.45) is 5.92 Å². The van der Waals surface area contributed by atoms with Crippen LogP contribution in [-0.4, -0.2) is 11.3 Å². The normalized spacial score (nSPS) is 13.4. The molecule has 3 heteroatoms. The molecule has 0 saturated carbocycles. The van der Waals surface area contributed by atoms with Gasteiger partial charge in [-0.25, -0.2) is 0 Å². The van der Waals surface area contributed by atoms with Crippen molar-refractivity contribution >= 4 is 5.88 Å². The Kier molecular flexibility index (Phi) is 2.76. The van der Waals surface area contributed by atoms with Crippen molar-refractivity contribution in [3.05, 3.63) is 17.9 Å². The molecular weight excluding hydrogens is 154 g/mol. The van der Waals surface area contributed by atoms with E-state index in [0.717, 1.165) is 5.76 Å². The molecule has 0 spiro atoms. The Labute approximate surface area is 72.4 Å². The third-order valence-corrected chi connectivity index (χ3v) is 1.66. The van der Waals surface area contributed by atoms with Crippen LogP contribution in [0.15, 0.2) is 16.5 Å². The second-order valence-electron chi connectivity index (χ2n) is 3.24. The van der Waals surface area contributed by atoms with Gasteiger partial charge in [0.2, 0.25) is 0 Å². The zero-order valence-electron chi connectivity index (χ0n) is 7.66. The molecule has 0 aliphatic carbocycles. The molecule has 12 heavy (non-hydrogen) atoms. The minimum absolute atomic E-state index is 0.176.